The van der Waals surface area contributed by atoms with Gasteiger partial charge in [0.2, 0.25) is 0 Å². The lowest BCUT2D eigenvalue weighted by Gasteiger charge is -2.36. The zero-order valence-corrected chi connectivity index (χ0v) is 14.2. The molecule has 3 atom stereocenters. The standard InChI is InChI=1S/C18H24N4O2/c1-3-21-15-6-4-5-7-16(15)22(18(21)24)17(23)19-12-10-13-8-9-14(11-12)20(13)2/h4-7,12-14H,3,8-11H2,1-2H3,(H,19,23)/t12?,13-,14?/m0/s1. The van der Waals surface area contributed by atoms with E-state index in [-0.39, 0.29) is 17.8 Å². The number of fused-ring (bicyclic) bond motifs is 3. The number of carbonyl (C=O) groups is 1. The van der Waals surface area contributed by atoms with Gasteiger partial charge in [0.25, 0.3) is 0 Å². The van der Waals surface area contributed by atoms with Crippen molar-refractivity contribution in [3.63, 3.8) is 0 Å². The zero-order chi connectivity index (χ0) is 16.8. The first kappa shape index (κ1) is 15.4. The van der Waals surface area contributed by atoms with Crippen LogP contribution in [0.3, 0.4) is 0 Å². The van der Waals surface area contributed by atoms with Crippen LogP contribution in [-0.2, 0) is 6.54 Å². The Morgan fingerprint density at radius 3 is 2.42 bits per heavy atom. The van der Waals surface area contributed by atoms with E-state index in [9.17, 15) is 9.59 Å². The summed E-state index contributed by atoms with van der Waals surface area (Å²) in [4.78, 5) is 27.9. The molecule has 128 valence electrons. The first-order valence-electron chi connectivity index (χ1n) is 8.83. The third-order valence-electron chi connectivity index (χ3n) is 5.78. The number of imidazole rings is 1. The lowest BCUT2D eigenvalue weighted by atomic mass is 9.98. The summed E-state index contributed by atoms with van der Waals surface area (Å²) in [5.41, 5.74) is 1.23. The van der Waals surface area contributed by atoms with E-state index >= 15 is 0 Å². The molecule has 1 aromatic carbocycles. The molecule has 0 saturated carbocycles. The highest BCUT2D eigenvalue weighted by atomic mass is 16.2. The number of nitrogens with zero attached hydrogens (tertiary/aromatic N) is 3. The largest absolute Gasteiger partial charge is 0.337 e. The van der Waals surface area contributed by atoms with E-state index < -0.39 is 0 Å². The number of rotatable bonds is 2. The second kappa shape index (κ2) is 5.77. The average Bonchev–Trinajstić information content (AvgIpc) is 2.95. The molecule has 2 aromatic rings. The van der Waals surface area contributed by atoms with E-state index in [0.717, 1.165) is 18.4 Å². The maximum atomic E-state index is 12.8. The summed E-state index contributed by atoms with van der Waals surface area (Å²) in [5.74, 6) is 0. The Morgan fingerprint density at radius 2 is 1.79 bits per heavy atom. The van der Waals surface area contributed by atoms with E-state index in [2.05, 4.69) is 17.3 Å². The van der Waals surface area contributed by atoms with Crippen molar-refractivity contribution in [2.45, 2.75) is 57.3 Å². The number of amides is 1. The van der Waals surface area contributed by atoms with Crippen LogP contribution in [0.15, 0.2) is 29.1 Å². The van der Waals surface area contributed by atoms with Gasteiger partial charge in [0.15, 0.2) is 0 Å². The van der Waals surface area contributed by atoms with Gasteiger partial charge in [0.1, 0.15) is 0 Å². The second-order valence-electron chi connectivity index (χ2n) is 7.02. The molecule has 0 radical (unpaired) electrons. The molecule has 6 nitrogen and oxygen atoms in total. The Bertz CT molecular complexity index is 823. The van der Waals surface area contributed by atoms with E-state index in [4.69, 9.17) is 0 Å². The Labute approximate surface area is 141 Å². The first-order chi connectivity index (χ1) is 11.6. The highest BCUT2D eigenvalue weighted by Gasteiger charge is 2.39. The van der Waals surface area contributed by atoms with Crippen molar-refractivity contribution in [2.75, 3.05) is 7.05 Å². The predicted molar refractivity (Wildman–Crippen MR) is 93.4 cm³/mol. The van der Waals surface area contributed by atoms with Gasteiger partial charge in [-0.2, -0.15) is 0 Å². The minimum Gasteiger partial charge on any atom is -0.334 e. The molecular weight excluding hydrogens is 304 g/mol. The Kier molecular flexibility index (Phi) is 3.72. The molecule has 1 aromatic heterocycles. The second-order valence-corrected chi connectivity index (χ2v) is 7.02. The van der Waals surface area contributed by atoms with E-state index in [1.807, 2.05) is 31.2 Å². The molecule has 2 unspecified atom stereocenters. The number of aromatic nitrogens is 2. The highest BCUT2D eigenvalue weighted by molar-refractivity contribution is 5.89. The summed E-state index contributed by atoms with van der Waals surface area (Å²) in [6.45, 7) is 2.47. The lowest BCUT2D eigenvalue weighted by molar-refractivity contribution is 0.149. The number of nitrogens with one attached hydrogen (secondary N) is 1. The third kappa shape index (κ3) is 2.28. The van der Waals surface area contributed by atoms with Crippen molar-refractivity contribution in [2.24, 2.45) is 0 Å². The fourth-order valence-corrected chi connectivity index (χ4v) is 4.48. The van der Waals surface area contributed by atoms with Gasteiger partial charge >= 0.3 is 11.7 Å². The number of hydrogen-bond donors (Lipinski definition) is 1. The van der Waals surface area contributed by atoms with Crippen molar-refractivity contribution in [3.8, 4) is 0 Å². The lowest BCUT2D eigenvalue weighted by Crippen LogP contribution is -2.50. The van der Waals surface area contributed by atoms with Crippen molar-refractivity contribution >= 4 is 17.1 Å². The third-order valence-corrected chi connectivity index (χ3v) is 5.78. The minimum atomic E-state index is -0.294. The van der Waals surface area contributed by atoms with Gasteiger partial charge < -0.3 is 10.2 Å². The maximum absolute atomic E-state index is 12.8. The highest BCUT2D eigenvalue weighted by Crippen LogP contribution is 2.34. The molecule has 3 heterocycles. The fourth-order valence-electron chi connectivity index (χ4n) is 4.48. The summed E-state index contributed by atoms with van der Waals surface area (Å²) in [5, 5.41) is 3.11. The van der Waals surface area contributed by atoms with Crippen molar-refractivity contribution in [1.29, 1.82) is 0 Å². The van der Waals surface area contributed by atoms with Crippen LogP contribution >= 0.6 is 0 Å². The van der Waals surface area contributed by atoms with Gasteiger partial charge in [-0.3, -0.25) is 4.57 Å². The molecule has 2 aliphatic rings. The molecular formula is C18H24N4O2. The van der Waals surface area contributed by atoms with Gasteiger partial charge in [-0.15, -0.1) is 0 Å². The number of para-hydroxylation sites is 2. The smallest absolute Gasteiger partial charge is 0.334 e. The van der Waals surface area contributed by atoms with E-state index in [1.165, 1.54) is 17.4 Å². The van der Waals surface area contributed by atoms with Crippen LogP contribution in [0.25, 0.3) is 11.0 Å². The van der Waals surface area contributed by atoms with Crippen molar-refractivity contribution in [1.82, 2.24) is 19.4 Å². The number of hydrogen-bond acceptors (Lipinski definition) is 3. The molecule has 2 aliphatic heterocycles. The van der Waals surface area contributed by atoms with Gasteiger partial charge in [0.05, 0.1) is 11.0 Å². The molecule has 1 amide bonds. The number of carbonyl (C=O) groups excluding carboxylic acids is 1. The monoisotopic (exact) mass is 328 g/mol. The Morgan fingerprint density at radius 1 is 1.17 bits per heavy atom. The summed E-state index contributed by atoms with van der Waals surface area (Å²) in [6.07, 6.45) is 4.37. The first-order valence-corrected chi connectivity index (χ1v) is 8.83. The van der Waals surface area contributed by atoms with E-state index in [0.29, 0.717) is 24.1 Å². The SMILES string of the molecule is CCn1c(=O)n(C(=O)NC2CC3CC[C@@H](C2)N3C)c2ccccc21. The molecule has 0 spiro atoms. The van der Waals surface area contributed by atoms with Gasteiger partial charge in [-0.1, -0.05) is 12.1 Å². The molecule has 0 aliphatic carbocycles. The van der Waals surface area contributed by atoms with E-state index in [1.54, 1.807) is 4.57 Å². The zero-order valence-electron chi connectivity index (χ0n) is 14.2. The topological polar surface area (TPSA) is 59.3 Å². The molecule has 24 heavy (non-hydrogen) atoms. The van der Waals surface area contributed by atoms with Crippen LogP contribution in [0.2, 0.25) is 0 Å². The number of piperidine rings is 1. The fraction of sp³-hybridized carbons (Fsp3) is 0.556. The van der Waals surface area contributed by atoms with Gasteiger partial charge in [0, 0.05) is 24.7 Å². The van der Waals surface area contributed by atoms with Crippen molar-refractivity contribution in [3.05, 3.63) is 34.7 Å². The Balaban J connectivity index is 1.63. The summed E-state index contributed by atoms with van der Waals surface area (Å²) in [6, 6.07) is 8.46. The minimum absolute atomic E-state index is 0.154. The number of aryl methyl sites for hydroxylation is 1. The normalized spacial score (nSPS) is 26.8. The summed E-state index contributed by atoms with van der Waals surface area (Å²) < 4.78 is 2.94. The van der Waals surface area contributed by atoms with Gasteiger partial charge in [-0.05, 0) is 51.8 Å². The van der Waals surface area contributed by atoms with Crippen LogP contribution in [0.4, 0.5) is 4.79 Å². The molecule has 2 bridgehead atoms. The number of benzene rings is 1. The maximum Gasteiger partial charge on any atom is 0.337 e. The summed E-state index contributed by atoms with van der Waals surface area (Å²) >= 11 is 0. The van der Waals surface area contributed by atoms with Crippen LogP contribution in [0, 0.1) is 0 Å². The van der Waals surface area contributed by atoms with Crippen LogP contribution < -0.4 is 11.0 Å². The molecule has 6 heteroatoms. The van der Waals surface area contributed by atoms with Crippen LogP contribution in [-0.4, -0.2) is 45.2 Å². The quantitative estimate of drug-likeness (QED) is 0.917. The molecule has 2 saturated heterocycles. The summed E-state index contributed by atoms with van der Waals surface area (Å²) in [7, 11) is 2.18. The van der Waals surface area contributed by atoms with Crippen LogP contribution in [0.1, 0.15) is 32.6 Å². The Hall–Kier alpha value is -2.08. The molecule has 4 rings (SSSR count). The predicted octanol–water partition coefficient (Wildman–Crippen LogP) is 2.01. The molecule has 1 N–H and O–H groups in total. The molecule has 2 fully saturated rings. The average molecular weight is 328 g/mol. The van der Waals surface area contributed by atoms with Crippen LogP contribution in [0.5, 0.6) is 0 Å². The van der Waals surface area contributed by atoms with Crippen molar-refractivity contribution < 1.29 is 4.79 Å². The van der Waals surface area contributed by atoms with Gasteiger partial charge in [-0.25, -0.2) is 14.2 Å².